The monoisotopic (exact) mass is 385 g/mol. The number of hydrazine groups is 1. The molecule has 0 spiro atoms. The van der Waals surface area contributed by atoms with Gasteiger partial charge in [-0.1, -0.05) is 15.9 Å². The Bertz CT molecular complexity index is 605. The lowest BCUT2D eigenvalue weighted by molar-refractivity contribution is -0.124. The Kier molecular flexibility index (Phi) is 5.73. The summed E-state index contributed by atoms with van der Waals surface area (Å²) in [4.78, 5) is 23.1. The number of halogens is 1. The summed E-state index contributed by atoms with van der Waals surface area (Å²) >= 11 is 8.29. The van der Waals surface area contributed by atoms with E-state index in [1.807, 2.05) is 19.1 Å². The number of ether oxygens (including phenoxy) is 1. The van der Waals surface area contributed by atoms with Gasteiger partial charge in [-0.3, -0.25) is 20.4 Å². The van der Waals surface area contributed by atoms with Crippen molar-refractivity contribution in [3.63, 3.8) is 0 Å². The minimum atomic E-state index is -0.399. The zero-order chi connectivity index (χ0) is 16.1. The van der Waals surface area contributed by atoms with Crippen molar-refractivity contribution >= 4 is 45.1 Å². The molecule has 8 heteroatoms. The van der Waals surface area contributed by atoms with Crippen LogP contribution in [0, 0.1) is 12.8 Å². The quantitative estimate of drug-likeness (QED) is 0.541. The number of hydrogen-bond donors (Lipinski definition) is 3. The van der Waals surface area contributed by atoms with Crippen molar-refractivity contribution in [2.45, 2.75) is 19.8 Å². The van der Waals surface area contributed by atoms with Gasteiger partial charge in [-0.25, -0.2) is 0 Å². The van der Waals surface area contributed by atoms with E-state index in [4.69, 9.17) is 17.0 Å². The highest BCUT2D eigenvalue weighted by atomic mass is 79.9. The minimum absolute atomic E-state index is 0.0550. The third kappa shape index (κ3) is 5.27. The van der Waals surface area contributed by atoms with Crippen molar-refractivity contribution in [1.29, 1.82) is 0 Å². The zero-order valence-electron chi connectivity index (χ0n) is 11.9. The first kappa shape index (κ1) is 16.7. The lowest BCUT2D eigenvalue weighted by Gasteiger charge is -2.11. The maximum Gasteiger partial charge on any atom is 0.276 e. The summed E-state index contributed by atoms with van der Waals surface area (Å²) in [6.07, 6.45) is 1.78. The average molecular weight is 386 g/mol. The number of carbonyl (C=O) groups is 2. The summed E-state index contributed by atoms with van der Waals surface area (Å²) in [7, 11) is 0. The largest absolute Gasteiger partial charge is 0.484 e. The first-order valence-electron chi connectivity index (χ1n) is 6.74. The van der Waals surface area contributed by atoms with Crippen LogP contribution >= 0.6 is 28.1 Å². The summed E-state index contributed by atoms with van der Waals surface area (Å²) in [5.74, 6) is 0.136. The summed E-state index contributed by atoms with van der Waals surface area (Å²) < 4.78 is 6.34. The second kappa shape index (κ2) is 7.55. The van der Waals surface area contributed by atoms with E-state index in [1.54, 1.807) is 6.07 Å². The van der Waals surface area contributed by atoms with E-state index in [0.717, 1.165) is 22.9 Å². The topological polar surface area (TPSA) is 79.5 Å². The lowest BCUT2D eigenvalue weighted by atomic mass is 10.2. The van der Waals surface area contributed by atoms with Crippen LogP contribution in [0.1, 0.15) is 18.4 Å². The predicted octanol–water partition coefficient (Wildman–Crippen LogP) is 1.57. The molecule has 1 saturated carbocycles. The molecular weight excluding hydrogens is 370 g/mol. The van der Waals surface area contributed by atoms with E-state index in [9.17, 15) is 9.59 Å². The van der Waals surface area contributed by atoms with Crippen LogP contribution in [0.2, 0.25) is 0 Å². The maximum absolute atomic E-state index is 11.6. The maximum atomic E-state index is 11.6. The van der Waals surface area contributed by atoms with Crippen LogP contribution in [0.25, 0.3) is 0 Å². The molecule has 0 unspecified atom stereocenters. The van der Waals surface area contributed by atoms with Crippen LogP contribution in [0.3, 0.4) is 0 Å². The molecule has 0 heterocycles. The van der Waals surface area contributed by atoms with E-state index in [2.05, 4.69) is 32.1 Å². The Morgan fingerprint density at radius 1 is 1.36 bits per heavy atom. The fourth-order valence-electron chi connectivity index (χ4n) is 1.61. The highest BCUT2D eigenvalue weighted by Gasteiger charge is 2.30. The molecule has 6 nitrogen and oxygen atoms in total. The molecular formula is C14H16BrN3O3S. The van der Waals surface area contributed by atoms with Crippen molar-refractivity contribution in [1.82, 2.24) is 16.2 Å². The number of nitrogens with one attached hydrogen (secondary N) is 3. The molecule has 118 valence electrons. The molecule has 0 aliphatic heterocycles. The van der Waals surface area contributed by atoms with Gasteiger partial charge in [-0.15, -0.1) is 0 Å². The normalized spacial score (nSPS) is 13.2. The second-order valence-corrected chi connectivity index (χ2v) is 6.23. The smallest absolute Gasteiger partial charge is 0.276 e. The van der Waals surface area contributed by atoms with Crippen molar-refractivity contribution in [2.24, 2.45) is 5.92 Å². The fraction of sp³-hybridized carbons (Fsp3) is 0.357. The molecule has 2 amide bonds. The van der Waals surface area contributed by atoms with E-state index in [-0.39, 0.29) is 23.5 Å². The molecule has 0 atom stereocenters. The molecule has 1 aromatic rings. The average Bonchev–Trinajstić information content (AvgIpc) is 3.31. The molecule has 0 bridgehead atoms. The highest BCUT2D eigenvalue weighted by molar-refractivity contribution is 9.10. The third-order valence-corrected chi connectivity index (χ3v) is 4.09. The predicted molar refractivity (Wildman–Crippen MR) is 89.1 cm³/mol. The van der Waals surface area contributed by atoms with Gasteiger partial charge in [0.1, 0.15) is 5.75 Å². The van der Waals surface area contributed by atoms with Gasteiger partial charge in [0.2, 0.25) is 5.91 Å². The fourth-order valence-corrected chi connectivity index (χ4v) is 2.01. The summed E-state index contributed by atoms with van der Waals surface area (Å²) in [5.41, 5.74) is 5.84. The second-order valence-electron chi connectivity index (χ2n) is 4.97. The van der Waals surface area contributed by atoms with Crippen LogP contribution in [0.4, 0.5) is 0 Å². The highest BCUT2D eigenvalue weighted by Crippen LogP contribution is 2.28. The van der Waals surface area contributed by atoms with E-state index in [0.29, 0.717) is 5.75 Å². The van der Waals surface area contributed by atoms with Crippen molar-refractivity contribution in [3.8, 4) is 5.75 Å². The van der Waals surface area contributed by atoms with E-state index >= 15 is 0 Å². The van der Waals surface area contributed by atoms with Crippen LogP contribution < -0.4 is 20.9 Å². The zero-order valence-corrected chi connectivity index (χ0v) is 14.3. The molecule has 0 saturated heterocycles. The number of amides is 2. The SMILES string of the molecule is Cc1cc(OCC(=O)NNC(=S)NC(=O)C2CC2)ccc1Br. The van der Waals surface area contributed by atoms with Gasteiger partial charge in [0, 0.05) is 10.4 Å². The van der Waals surface area contributed by atoms with Crippen molar-refractivity contribution < 1.29 is 14.3 Å². The molecule has 0 aromatic heterocycles. The van der Waals surface area contributed by atoms with Crippen LogP contribution in [-0.2, 0) is 9.59 Å². The Morgan fingerprint density at radius 3 is 2.73 bits per heavy atom. The Morgan fingerprint density at radius 2 is 2.09 bits per heavy atom. The van der Waals surface area contributed by atoms with Gasteiger partial charge in [-0.05, 0) is 55.7 Å². The van der Waals surface area contributed by atoms with Crippen LogP contribution in [0.15, 0.2) is 22.7 Å². The first-order valence-corrected chi connectivity index (χ1v) is 7.94. The molecule has 1 aliphatic rings. The first-order chi connectivity index (χ1) is 10.5. The van der Waals surface area contributed by atoms with Crippen molar-refractivity contribution in [3.05, 3.63) is 28.2 Å². The number of aryl methyl sites for hydroxylation is 1. The van der Waals surface area contributed by atoms with Gasteiger partial charge >= 0.3 is 0 Å². The summed E-state index contributed by atoms with van der Waals surface area (Å²) in [6, 6.07) is 5.44. The summed E-state index contributed by atoms with van der Waals surface area (Å²) in [6.45, 7) is 1.77. The summed E-state index contributed by atoms with van der Waals surface area (Å²) in [5, 5.41) is 2.58. The van der Waals surface area contributed by atoms with Gasteiger partial charge in [0.25, 0.3) is 5.91 Å². The molecule has 3 N–H and O–H groups in total. The molecule has 0 radical (unpaired) electrons. The van der Waals surface area contributed by atoms with Gasteiger partial charge < -0.3 is 10.1 Å². The van der Waals surface area contributed by atoms with Gasteiger partial charge in [0.05, 0.1) is 0 Å². The Hall–Kier alpha value is -1.67. The number of benzene rings is 1. The van der Waals surface area contributed by atoms with E-state index < -0.39 is 5.91 Å². The van der Waals surface area contributed by atoms with Crippen LogP contribution in [-0.4, -0.2) is 23.5 Å². The Labute approximate surface area is 142 Å². The minimum Gasteiger partial charge on any atom is -0.484 e. The Balaban J connectivity index is 1.67. The van der Waals surface area contributed by atoms with Gasteiger partial charge in [0.15, 0.2) is 11.7 Å². The number of carbonyl (C=O) groups excluding carboxylic acids is 2. The van der Waals surface area contributed by atoms with Crippen LogP contribution in [0.5, 0.6) is 5.75 Å². The van der Waals surface area contributed by atoms with E-state index in [1.165, 1.54) is 0 Å². The third-order valence-electron chi connectivity index (χ3n) is 3.00. The molecule has 1 aliphatic carbocycles. The lowest BCUT2D eigenvalue weighted by Crippen LogP contribution is -2.50. The number of thiocarbonyl (C=S) groups is 1. The number of rotatable bonds is 4. The van der Waals surface area contributed by atoms with Crippen molar-refractivity contribution in [2.75, 3.05) is 6.61 Å². The molecule has 2 rings (SSSR count). The van der Waals surface area contributed by atoms with Gasteiger partial charge in [-0.2, -0.15) is 0 Å². The molecule has 22 heavy (non-hydrogen) atoms. The number of hydrogen-bond acceptors (Lipinski definition) is 4. The standard InChI is InChI=1S/C14H16BrN3O3S/c1-8-6-10(4-5-11(8)15)21-7-12(19)17-18-14(22)16-13(20)9-2-3-9/h4-6,9H,2-3,7H2,1H3,(H,17,19)(H2,16,18,20,22). The molecule has 1 fully saturated rings. The molecule has 1 aromatic carbocycles.